The van der Waals surface area contributed by atoms with Crippen molar-refractivity contribution in [3.05, 3.63) is 29.6 Å². The Bertz CT molecular complexity index is 363. The molecule has 3 heteroatoms. The molecule has 1 saturated carbocycles. The molecule has 0 saturated heterocycles. The van der Waals surface area contributed by atoms with E-state index in [-0.39, 0.29) is 5.82 Å². The molecule has 0 bridgehead atoms. The van der Waals surface area contributed by atoms with E-state index in [9.17, 15) is 4.39 Å². The number of halogens is 1. The molecule has 17 heavy (non-hydrogen) atoms. The van der Waals surface area contributed by atoms with Crippen molar-refractivity contribution >= 4 is 0 Å². The highest BCUT2D eigenvalue weighted by Gasteiger charge is 2.16. The van der Waals surface area contributed by atoms with Gasteiger partial charge in [-0.1, -0.05) is 25.3 Å². The van der Waals surface area contributed by atoms with Gasteiger partial charge in [0.25, 0.3) is 0 Å². The normalized spacial score (nSPS) is 15.6. The molecule has 2 nitrogen and oxygen atoms in total. The molecule has 0 amide bonds. The highest BCUT2D eigenvalue weighted by atomic mass is 19.1. The van der Waals surface area contributed by atoms with Crippen LogP contribution in [0.25, 0.3) is 0 Å². The third-order valence-corrected chi connectivity index (χ3v) is 3.50. The summed E-state index contributed by atoms with van der Waals surface area (Å²) >= 11 is 0. The van der Waals surface area contributed by atoms with Crippen LogP contribution in [0.5, 0.6) is 5.75 Å². The van der Waals surface area contributed by atoms with Gasteiger partial charge in [-0.05, 0) is 36.6 Å². The number of hydrogen-bond donors (Lipinski definition) is 1. The van der Waals surface area contributed by atoms with Gasteiger partial charge in [-0.25, -0.2) is 4.39 Å². The van der Waals surface area contributed by atoms with Crippen molar-refractivity contribution in [1.82, 2.24) is 5.32 Å². The summed E-state index contributed by atoms with van der Waals surface area (Å²) in [4.78, 5) is 0. The first-order valence-electron chi connectivity index (χ1n) is 6.32. The fraction of sp³-hybridized carbons (Fsp3) is 0.571. The molecule has 0 unspecified atom stereocenters. The fourth-order valence-electron chi connectivity index (χ4n) is 2.14. The van der Waals surface area contributed by atoms with E-state index in [1.807, 2.05) is 6.07 Å². The van der Waals surface area contributed by atoms with E-state index in [0.717, 1.165) is 24.6 Å². The summed E-state index contributed by atoms with van der Waals surface area (Å²) in [7, 11) is 1.48. The highest BCUT2D eigenvalue weighted by Crippen LogP contribution is 2.28. The maximum absolute atomic E-state index is 13.4. The zero-order chi connectivity index (χ0) is 12.1. The molecule has 1 fully saturated rings. The molecular formula is C14H20FNO. The second-order valence-electron chi connectivity index (χ2n) is 4.73. The highest BCUT2D eigenvalue weighted by molar-refractivity contribution is 5.29. The fourth-order valence-corrected chi connectivity index (χ4v) is 2.14. The molecule has 1 N–H and O–H groups in total. The molecule has 2 rings (SSSR count). The van der Waals surface area contributed by atoms with Crippen molar-refractivity contribution in [1.29, 1.82) is 0 Å². The monoisotopic (exact) mass is 237 g/mol. The lowest BCUT2D eigenvalue weighted by Gasteiger charge is -2.25. The zero-order valence-corrected chi connectivity index (χ0v) is 10.3. The van der Waals surface area contributed by atoms with Crippen LogP contribution in [-0.4, -0.2) is 13.7 Å². The maximum Gasteiger partial charge on any atom is 0.165 e. The van der Waals surface area contributed by atoms with Crippen LogP contribution < -0.4 is 10.1 Å². The van der Waals surface area contributed by atoms with Crippen LogP contribution in [0.2, 0.25) is 0 Å². The lowest BCUT2D eigenvalue weighted by Crippen LogP contribution is -2.21. The minimum atomic E-state index is -0.286. The van der Waals surface area contributed by atoms with E-state index < -0.39 is 0 Å². The summed E-state index contributed by atoms with van der Waals surface area (Å²) in [5.41, 5.74) is 0.969. The molecule has 0 radical (unpaired) electrons. The van der Waals surface area contributed by atoms with Gasteiger partial charge in [0.2, 0.25) is 0 Å². The lowest BCUT2D eigenvalue weighted by atomic mass is 9.83. The van der Waals surface area contributed by atoms with Gasteiger partial charge in [-0.15, -0.1) is 0 Å². The predicted octanol–water partition coefficient (Wildman–Crippen LogP) is 3.11. The van der Waals surface area contributed by atoms with Gasteiger partial charge in [0, 0.05) is 6.54 Å². The van der Waals surface area contributed by atoms with Gasteiger partial charge in [0.1, 0.15) is 0 Å². The van der Waals surface area contributed by atoms with E-state index in [4.69, 9.17) is 4.74 Å². The van der Waals surface area contributed by atoms with Crippen molar-refractivity contribution < 1.29 is 9.13 Å². The molecule has 1 aromatic rings. The second kappa shape index (κ2) is 6.01. The Morgan fingerprint density at radius 3 is 2.82 bits per heavy atom. The number of ether oxygens (including phenoxy) is 1. The first-order valence-corrected chi connectivity index (χ1v) is 6.32. The topological polar surface area (TPSA) is 21.3 Å². The molecule has 1 aliphatic carbocycles. The summed E-state index contributed by atoms with van der Waals surface area (Å²) < 4.78 is 18.3. The third-order valence-electron chi connectivity index (χ3n) is 3.50. The molecule has 0 aliphatic heterocycles. The largest absolute Gasteiger partial charge is 0.494 e. The predicted molar refractivity (Wildman–Crippen MR) is 66.6 cm³/mol. The Balaban J connectivity index is 1.72. The zero-order valence-electron chi connectivity index (χ0n) is 10.3. The van der Waals surface area contributed by atoms with Gasteiger partial charge in [-0.2, -0.15) is 0 Å². The molecule has 0 heterocycles. The molecule has 1 aromatic carbocycles. The number of hydrogen-bond acceptors (Lipinski definition) is 2. The summed E-state index contributed by atoms with van der Waals surface area (Å²) in [5.74, 6) is 0.948. The number of benzene rings is 1. The molecule has 0 atom stereocenters. The van der Waals surface area contributed by atoms with Crippen molar-refractivity contribution in [2.24, 2.45) is 5.92 Å². The van der Waals surface area contributed by atoms with Crippen molar-refractivity contribution in [2.75, 3.05) is 13.7 Å². The van der Waals surface area contributed by atoms with Crippen molar-refractivity contribution in [3.8, 4) is 5.75 Å². The Morgan fingerprint density at radius 1 is 1.41 bits per heavy atom. The minimum Gasteiger partial charge on any atom is -0.494 e. The molecule has 94 valence electrons. The summed E-state index contributed by atoms with van der Waals surface area (Å²) in [6.45, 7) is 1.76. The van der Waals surface area contributed by atoms with Crippen LogP contribution in [0.3, 0.4) is 0 Å². The Hall–Kier alpha value is -1.09. The first-order chi connectivity index (χ1) is 8.29. The van der Waals surface area contributed by atoms with E-state index in [2.05, 4.69) is 5.32 Å². The third kappa shape index (κ3) is 3.43. The molecular weight excluding hydrogens is 217 g/mol. The van der Waals surface area contributed by atoms with E-state index >= 15 is 0 Å². The maximum atomic E-state index is 13.4. The quantitative estimate of drug-likeness (QED) is 0.768. The Labute approximate surface area is 102 Å². The Morgan fingerprint density at radius 2 is 2.24 bits per heavy atom. The standard InChI is InChI=1S/C14H20FNO/c1-17-14-6-5-12(9-13(14)15)10-16-8-7-11-3-2-4-11/h5-6,9,11,16H,2-4,7-8,10H2,1H3. The molecule has 1 aliphatic rings. The average molecular weight is 237 g/mol. The van der Waals surface area contributed by atoms with Gasteiger partial charge >= 0.3 is 0 Å². The van der Waals surface area contributed by atoms with Crippen LogP contribution in [0.15, 0.2) is 18.2 Å². The minimum absolute atomic E-state index is 0.286. The van der Waals surface area contributed by atoms with Gasteiger partial charge < -0.3 is 10.1 Å². The molecule has 0 spiro atoms. The molecule has 0 aromatic heterocycles. The van der Waals surface area contributed by atoms with Crippen molar-refractivity contribution in [2.45, 2.75) is 32.2 Å². The Kier molecular flexibility index (Phi) is 4.37. The number of nitrogens with one attached hydrogen (secondary N) is 1. The van der Waals surface area contributed by atoms with Crippen molar-refractivity contribution in [3.63, 3.8) is 0 Å². The summed E-state index contributed by atoms with van der Waals surface area (Å²) in [6.07, 6.45) is 5.42. The second-order valence-corrected chi connectivity index (χ2v) is 4.73. The summed E-state index contributed by atoms with van der Waals surface area (Å²) in [5, 5.41) is 3.36. The van der Waals surface area contributed by atoms with Gasteiger partial charge in [-0.3, -0.25) is 0 Å². The van der Waals surface area contributed by atoms with Crippen LogP contribution in [-0.2, 0) is 6.54 Å². The van der Waals surface area contributed by atoms with Gasteiger partial charge in [0.05, 0.1) is 7.11 Å². The number of rotatable bonds is 6. The summed E-state index contributed by atoms with van der Waals surface area (Å²) in [6, 6.07) is 5.12. The van der Waals surface area contributed by atoms with E-state index in [1.54, 1.807) is 6.07 Å². The smallest absolute Gasteiger partial charge is 0.165 e. The SMILES string of the molecule is COc1ccc(CNCCC2CCC2)cc1F. The van der Waals surface area contributed by atoms with Crippen LogP contribution in [0.4, 0.5) is 4.39 Å². The van der Waals surface area contributed by atoms with Crippen LogP contribution >= 0.6 is 0 Å². The first kappa shape index (κ1) is 12.4. The lowest BCUT2D eigenvalue weighted by molar-refractivity contribution is 0.292. The average Bonchev–Trinajstić information content (AvgIpc) is 2.26. The van der Waals surface area contributed by atoms with E-state index in [0.29, 0.717) is 5.75 Å². The van der Waals surface area contributed by atoms with E-state index in [1.165, 1.54) is 38.9 Å². The number of methoxy groups -OCH3 is 1. The van der Waals surface area contributed by atoms with Crippen LogP contribution in [0.1, 0.15) is 31.2 Å². The van der Waals surface area contributed by atoms with Crippen LogP contribution in [0, 0.1) is 11.7 Å². The van der Waals surface area contributed by atoms with Gasteiger partial charge in [0.15, 0.2) is 11.6 Å².